The third kappa shape index (κ3) is 2.76. The monoisotopic (exact) mass is 320 g/mol. The standard InChI is InChI=1S/C12H13BrN6/c13-10-9-18-8-5-15-12(18)11(17-10)14-3-1-6-19-7-2-4-16-19/h2,4-5,7-9H,1,3,6H2,(H,14,17). The molecule has 6 nitrogen and oxygen atoms in total. The van der Waals surface area contributed by atoms with Crippen molar-refractivity contribution in [2.75, 3.05) is 11.9 Å². The molecule has 0 aliphatic rings. The van der Waals surface area contributed by atoms with Gasteiger partial charge in [-0.3, -0.25) is 4.68 Å². The zero-order chi connectivity index (χ0) is 13.1. The van der Waals surface area contributed by atoms with Crippen molar-refractivity contribution < 1.29 is 0 Å². The van der Waals surface area contributed by atoms with Crippen LogP contribution in [0.25, 0.3) is 5.65 Å². The molecule has 0 unspecified atom stereocenters. The van der Waals surface area contributed by atoms with E-state index in [2.05, 4.69) is 36.3 Å². The highest BCUT2D eigenvalue weighted by Gasteiger charge is 2.05. The van der Waals surface area contributed by atoms with Gasteiger partial charge in [-0.2, -0.15) is 5.10 Å². The molecule has 3 heterocycles. The fourth-order valence-electron chi connectivity index (χ4n) is 1.90. The van der Waals surface area contributed by atoms with Gasteiger partial charge >= 0.3 is 0 Å². The van der Waals surface area contributed by atoms with Gasteiger partial charge < -0.3 is 9.72 Å². The second-order valence-corrected chi connectivity index (χ2v) is 4.93. The Bertz CT molecular complexity index is 660. The van der Waals surface area contributed by atoms with Crippen LogP contribution in [-0.2, 0) is 6.54 Å². The minimum absolute atomic E-state index is 0.785. The van der Waals surface area contributed by atoms with Gasteiger partial charge in [-0.25, -0.2) is 9.97 Å². The molecule has 7 heteroatoms. The average molecular weight is 321 g/mol. The molecule has 19 heavy (non-hydrogen) atoms. The summed E-state index contributed by atoms with van der Waals surface area (Å²) in [7, 11) is 0. The van der Waals surface area contributed by atoms with Gasteiger partial charge in [-0.1, -0.05) is 0 Å². The fraction of sp³-hybridized carbons (Fsp3) is 0.250. The van der Waals surface area contributed by atoms with Crippen LogP contribution in [0, 0.1) is 0 Å². The maximum absolute atomic E-state index is 4.41. The van der Waals surface area contributed by atoms with Crippen LogP contribution in [0.5, 0.6) is 0 Å². The number of aromatic nitrogens is 5. The number of anilines is 1. The Morgan fingerprint density at radius 3 is 3.05 bits per heavy atom. The maximum Gasteiger partial charge on any atom is 0.180 e. The third-order valence-corrected chi connectivity index (χ3v) is 3.14. The van der Waals surface area contributed by atoms with Crippen molar-refractivity contribution in [1.29, 1.82) is 0 Å². The van der Waals surface area contributed by atoms with Crippen molar-refractivity contribution in [3.63, 3.8) is 0 Å². The van der Waals surface area contributed by atoms with E-state index in [0.717, 1.165) is 35.6 Å². The second kappa shape index (κ2) is 5.40. The number of fused-ring (bicyclic) bond motifs is 1. The molecule has 3 aromatic rings. The summed E-state index contributed by atoms with van der Waals surface area (Å²) in [5.74, 6) is 0.792. The molecule has 0 amide bonds. The lowest BCUT2D eigenvalue weighted by molar-refractivity contribution is 0.591. The molecule has 0 aromatic carbocycles. The molecule has 0 spiro atoms. The SMILES string of the molecule is Brc1cn2ccnc2c(NCCCn2cccn2)n1. The quantitative estimate of drug-likeness (QED) is 0.732. The molecule has 0 saturated carbocycles. The summed E-state index contributed by atoms with van der Waals surface area (Å²) in [5.41, 5.74) is 0.835. The number of hydrogen-bond donors (Lipinski definition) is 1. The van der Waals surface area contributed by atoms with E-state index in [9.17, 15) is 0 Å². The van der Waals surface area contributed by atoms with Crippen molar-refractivity contribution in [3.05, 3.63) is 41.7 Å². The van der Waals surface area contributed by atoms with E-state index < -0.39 is 0 Å². The smallest absolute Gasteiger partial charge is 0.180 e. The van der Waals surface area contributed by atoms with E-state index >= 15 is 0 Å². The van der Waals surface area contributed by atoms with Crippen LogP contribution < -0.4 is 5.32 Å². The molecule has 98 valence electrons. The second-order valence-electron chi connectivity index (χ2n) is 4.12. The van der Waals surface area contributed by atoms with E-state index in [1.807, 2.05) is 33.7 Å². The van der Waals surface area contributed by atoms with Crippen LogP contribution in [0.3, 0.4) is 0 Å². The number of imidazole rings is 1. The number of nitrogens with zero attached hydrogens (tertiary/aromatic N) is 5. The highest BCUT2D eigenvalue weighted by atomic mass is 79.9. The van der Waals surface area contributed by atoms with Gasteiger partial charge in [0.1, 0.15) is 4.60 Å². The van der Waals surface area contributed by atoms with Crippen molar-refractivity contribution in [2.45, 2.75) is 13.0 Å². The Morgan fingerprint density at radius 2 is 2.21 bits per heavy atom. The predicted octanol–water partition coefficient (Wildman–Crippen LogP) is 2.19. The first kappa shape index (κ1) is 12.2. The van der Waals surface area contributed by atoms with Crippen LogP contribution in [0.1, 0.15) is 6.42 Å². The lowest BCUT2D eigenvalue weighted by Crippen LogP contribution is -2.09. The normalized spacial score (nSPS) is 11.0. The van der Waals surface area contributed by atoms with Gasteiger partial charge in [-0.05, 0) is 28.4 Å². The number of nitrogens with one attached hydrogen (secondary N) is 1. The Labute approximate surface area is 118 Å². The van der Waals surface area contributed by atoms with Crippen LogP contribution >= 0.6 is 15.9 Å². The summed E-state index contributed by atoms with van der Waals surface area (Å²) < 4.78 is 4.64. The zero-order valence-electron chi connectivity index (χ0n) is 10.2. The molecule has 0 aliphatic heterocycles. The number of hydrogen-bond acceptors (Lipinski definition) is 4. The summed E-state index contributed by atoms with van der Waals surface area (Å²) in [6.07, 6.45) is 10.3. The molecule has 3 rings (SSSR count). The van der Waals surface area contributed by atoms with E-state index in [4.69, 9.17) is 0 Å². The molecule has 0 atom stereocenters. The van der Waals surface area contributed by atoms with Gasteiger partial charge in [0.05, 0.1) is 0 Å². The van der Waals surface area contributed by atoms with Gasteiger partial charge in [0.25, 0.3) is 0 Å². The first-order valence-corrected chi connectivity index (χ1v) is 6.83. The van der Waals surface area contributed by atoms with Gasteiger partial charge in [0, 0.05) is 44.1 Å². The highest BCUT2D eigenvalue weighted by molar-refractivity contribution is 9.10. The summed E-state index contributed by atoms with van der Waals surface area (Å²) in [6, 6.07) is 1.93. The first-order valence-electron chi connectivity index (χ1n) is 6.03. The van der Waals surface area contributed by atoms with Crippen LogP contribution in [0.2, 0.25) is 0 Å². The third-order valence-electron chi connectivity index (χ3n) is 2.76. The van der Waals surface area contributed by atoms with Crippen molar-refractivity contribution in [3.8, 4) is 0 Å². The predicted molar refractivity (Wildman–Crippen MR) is 76.0 cm³/mol. The molecular weight excluding hydrogens is 308 g/mol. The number of rotatable bonds is 5. The minimum Gasteiger partial charge on any atom is -0.367 e. The summed E-state index contributed by atoms with van der Waals surface area (Å²) in [4.78, 5) is 8.70. The van der Waals surface area contributed by atoms with Gasteiger partial charge in [0.15, 0.2) is 11.5 Å². The summed E-state index contributed by atoms with van der Waals surface area (Å²) in [6.45, 7) is 1.71. The fourth-order valence-corrected chi connectivity index (χ4v) is 2.30. The molecule has 3 aromatic heterocycles. The molecule has 0 radical (unpaired) electrons. The first-order chi connectivity index (χ1) is 9.33. The van der Waals surface area contributed by atoms with E-state index in [1.165, 1.54) is 0 Å². The molecular formula is C12H13BrN6. The van der Waals surface area contributed by atoms with Crippen molar-refractivity contribution in [1.82, 2.24) is 24.1 Å². The largest absolute Gasteiger partial charge is 0.367 e. The lowest BCUT2D eigenvalue weighted by Gasteiger charge is -2.07. The van der Waals surface area contributed by atoms with Crippen LogP contribution in [0.15, 0.2) is 41.7 Å². The number of aryl methyl sites for hydroxylation is 1. The van der Waals surface area contributed by atoms with Crippen LogP contribution in [-0.4, -0.2) is 30.7 Å². The topological polar surface area (TPSA) is 60.0 Å². The molecule has 0 aliphatic carbocycles. The van der Waals surface area contributed by atoms with Crippen molar-refractivity contribution >= 4 is 27.4 Å². The number of halogens is 1. The summed E-state index contributed by atoms with van der Waals surface area (Å²) >= 11 is 3.39. The lowest BCUT2D eigenvalue weighted by atomic mass is 10.4. The van der Waals surface area contributed by atoms with Crippen LogP contribution in [0.4, 0.5) is 5.82 Å². The Kier molecular flexibility index (Phi) is 3.45. The van der Waals surface area contributed by atoms with Crippen molar-refractivity contribution in [2.24, 2.45) is 0 Å². The maximum atomic E-state index is 4.41. The average Bonchev–Trinajstić information content (AvgIpc) is 3.04. The van der Waals surface area contributed by atoms with E-state index in [0.29, 0.717) is 0 Å². The Morgan fingerprint density at radius 1 is 1.26 bits per heavy atom. The molecule has 0 bridgehead atoms. The zero-order valence-corrected chi connectivity index (χ0v) is 11.8. The highest BCUT2D eigenvalue weighted by Crippen LogP contribution is 2.16. The molecule has 0 saturated heterocycles. The van der Waals surface area contributed by atoms with E-state index in [-0.39, 0.29) is 0 Å². The summed E-state index contributed by atoms with van der Waals surface area (Å²) in [5, 5.41) is 7.48. The molecule has 1 N–H and O–H groups in total. The molecule has 0 fully saturated rings. The van der Waals surface area contributed by atoms with Gasteiger partial charge in [0.2, 0.25) is 0 Å². The van der Waals surface area contributed by atoms with E-state index in [1.54, 1.807) is 12.4 Å². The van der Waals surface area contributed by atoms with Gasteiger partial charge in [-0.15, -0.1) is 0 Å². The Hall–Kier alpha value is -1.89. The minimum atomic E-state index is 0.785. The Balaban J connectivity index is 1.63.